The second-order valence-corrected chi connectivity index (χ2v) is 4.04. The van der Waals surface area contributed by atoms with Crippen molar-refractivity contribution in [1.29, 1.82) is 0 Å². The minimum Gasteiger partial charge on any atom is -0.454 e. The van der Waals surface area contributed by atoms with Crippen LogP contribution in [0.1, 0.15) is 18.4 Å². The van der Waals surface area contributed by atoms with Gasteiger partial charge in [-0.15, -0.1) is 0 Å². The van der Waals surface area contributed by atoms with E-state index >= 15 is 0 Å². The van der Waals surface area contributed by atoms with Crippen molar-refractivity contribution in [2.45, 2.75) is 19.1 Å². The van der Waals surface area contributed by atoms with E-state index in [0.29, 0.717) is 11.5 Å². The van der Waals surface area contributed by atoms with E-state index in [1.54, 1.807) is 12.1 Å². The Labute approximate surface area is 106 Å². The summed E-state index contributed by atoms with van der Waals surface area (Å²) in [5.41, 5.74) is 0.792. The summed E-state index contributed by atoms with van der Waals surface area (Å²) in [6.45, 7) is 1.72. The van der Waals surface area contributed by atoms with E-state index < -0.39 is 12.2 Å². The highest BCUT2D eigenvalue weighted by Crippen LogP contribution is 2.36. The van der Waals surface area contributed by atoms with Gasteiger partial charge in [-0.2, -0.15) is 0 Å². The maximum absolute atomic E-state index is 11.8. The summed E-state index contributed by atoms with van der Waals surface area (Å²) in [6, 6.07) is 5.40. The number of Topliss-reactive ketones (excluding diaryl/α,β-unsaturated/α-hetero) is 1. The Bertz CT molecular complexity index is 439. The first-order valence-corrected chi connectivity index (χ1v) is 5.63. The number of fused-ring (bicyclic) bond motifs is 1. The average molecular weight is 252 g/mol. The van der Waals surface area contributed by atoms with Crippen LogP contribution in [0.15, 0.2) is 18.2 Å². The minimum absolute atomic E-state index is 0.0254. The zero-order valence-corrected chi connectivity index (χ0v) is 10.6. The SMILES string of the molecule is COC(OC)C(C(C)=O)c1ccc2c(c1)OCO2. The number of rotatable bonds is 5. The van der Waals surface area contributed by atoms with Crippen LogP contribution < -0.4 is 9.47 Å². The van der Waals surface area contributed by atoms with Crippen molar-refractivity contribution in [3.63, 3.8) is 0 Å². The van der Waals surface area contributed by atoms with E-state index in [-0.39, 0.29) is 12.6 Å². The lowest BCUT2D eigenvalue weighted by Gasteiger charge is -2.23. The lowest BCUT2D eigenvalue weighted by atomic mass is 9.94. The summed E-state index contributed by atoms with van der Waals surface area (Å²) < 4.78 is 20.9. The molecule has 0 N–H and O–H groups in total. The smallest absolute Gasteiger partial charge is 0.231 e. The van der Waals surface area contributed by atoms with E-state index in [0.717, 1.165) is 5.56 Å². The molecule has 98 valence electrons. The number of methoxy groups -OCH3 is 2. The van der Waals surface area contributed by atoms with E-state index in [9.17, 15) is 4.79 Å². The Morgan fingerprint density at radius 2 is 1.89 bits per heavy atom. The van der Waals surface area contributed by atoms with Gasteiger partial charge in [-0.25, -0.2) is 0 Å². The Morgan fingerprint density at radius 1 is 1.22 bits per heavy atom. The maximum Gasteiger partial charge on any atom is 0.231 e. The quantitative estimate of drug-likeness (QED) is 0.747. The van der Waals surface area contributed by atoms with E-state index in [2.05, 4.69) is 0 Å². The number of carbonyl (C=O) groups is 1. The fourth-order valence-corrected chi connectivity index (χ4v) is 2.06. The molecule has 1 atom stereocenters. The molecule has 0 aromatic heterocycles. The van der Waals surface area contributed by atoms with Gasteiger partial charge in [0.05, 0.1) is 5.92 Å². The van der Waals surface area contributed by atoms with Crippen molar-refractivity contribution < 1.29 is 23.7 Å². The van der Waals surface area contributed by atoms with Crippen LogP contribution in [0.5, 0.6) is 11.5 Å². The van der Waals surface area contributed by atoms with Crippen LogP contribution in [0.2, 0.25) is 0 Å². The molecule has 0 spiro atoms. The Morgan fingerprint density at radius 3 is 2.50 bits per heavy atom. The molecule has 5 heteroatoms. The number of benzene rings is 1. The summed E-state index contributed by atoms with van der Waals surface area (Å²) in [5, 5.41) is 0. The van der Waals surface area contributed by atoms with Crippen LogP contribution in [0.25, 0.3) is 0 Å². The summed E-state index contributed by atoms with van der Waals surface area (Å²) in [5.74, 6) is 0.828. The highest BCUT2D eigenvalue weighted by atomic mass is 16.7. The molecule has 1 aliphatic heterocycles. The van der Waals surface area contributed by atoms with Crippen molar-refractivity contribution in [2.75, 3.05) is 21.0 Å². The fourth-order valence-electron chi connectivity index (χ4n) is 2.06. The molecule has 5 nitrogen and oxygen atoms in total. The van der Waals surface area contributed by atoms with Crippen molar-refractivity contribution >= 4 is 5.78 Å². The molecule has 1 aliphatic rings. The molecule has 0 radical (unpaired) electrons. The van der Waals surface area contributed by atoms with Crippen LogP contribution in [-0.4, -0.2) is 33.1 Å². The highest BCUT2D eigenvalue weighted by Gasteiger charge is 2.29. The van der Waals surface area contributed by atoms with Gasteiger partial charge in [0.2, 0.25) is 6.79 Å². The first-order chi connectivity index (χ1) is 8.67. The lowest BCUT2D eigenvalue weighted by Crippen LogP contribution is -2.28. The molecule has 1 unspecified atom stereocenters. The Kier molecular flexibility index (Phi) is 3.84. The topological polar surface area (TPSA) is 54.0 Å². The molecule has 2 rings (SSSR count). The molecule has 0 saturated carbocycles. The average Bonchev–Trinajstić information content (AvgIpc) is 2.82. The molecule has 1 aromatic carbocycles. The standard InChI is InChI=1S/C13H16O5/c1-8(14)12(13(15-2)16-3)9-4-5-10-11(6-9)18-7-17-10/h4-6,12-13H,7H2,1-3H3. The molecule has 18 heavy (non-hydrogen) atoms. The molecule has 1 heterocycles. The number of hydrogen-bond donors (Lipinski definition) is 0. The van der Waals surface area contributed by atoms with E-state index in [1.165, 1.54) is 21.1 Å². The summed E-state index contributed by atoms with van der Waals surface area (Å²) in [7, 11) is 3.02. The first-order valence-electron chi connectivity index (χ1n) is 5.63. The monoisotopic (exact) mass is 252 g/mol. The second kappa shape index (κ2) is 5.37. The van der Waals surface area contributed by atoms with E-state index in [1.807, 2.05) is 6.07 Å². The molecule has 1 aromatic rings. The predicted molar refractivity (Wildman–Crippen MR) is 63.8 cm³/mol. The van der Waals surface area contributed by atoms with Crippen LogP contribution in [0.4, 0.5) is 0 Å². The van der Waals surface area contributed by atoms with Crippen molar-refractivity contribution in [3.05, 3.63) is 23.8 Å². The summed E-state index contributed by atoms with van der Waals surface area (Å²) >= 11 is 0. The maximum atomic E-state index is 11.8. The van der Waals surface area contributed by atoms with Gasteiger partial charge < -0.3 is 18.9 Å². The molecule has 0 fully saturated rings. The van der Waals surface area contributed by atoms with E-state index in [4.69, 9.17) is 18.9 Å². The molecule has 0 saturated heterocycles. The third-order valence-corrected chi connectivity index (χ3v) is 2.93. The summed E-state index contributed by atoms with van der Waals surface area (Å²) in [4.78, 5) is 11.8. The van der Waals surface area contributed by atoms with Crippen LogP contribution in [-0.2, 0) is 14.3 Å². The van der Waals surface area contributed by atoms with Gasteiger partial charge in [0, 0.05) is 14.2 Å². The van der Waals surface area contributed by atoms with Gasteiger partial charge in [0.15, 0.2) is 17.8 Å². The van der Waals surface area contributed by atoms with Crippen molar-refractivity contribution in [1.82, 2.24) is 0 Å². The molecule has 0 aliphatic carbocycles. The Hall–Kier alpha value is -1.59. The van der Waals surface area contributed by atoms with Gasteiger partial charge >= 0.3 is 0 Å². The van der Waals surface area contributed by atoms with Gasteiger partial charge in [0.25, 0.3) is 0 Å². The van der Waals surface area contributed by atoms with Crippen molar-refractivity contribution in [2.24, 2.45) is 0 Å². The number of ketones is 1. The van der Waals surface area contributed by atoms with Gasteiger partial charge in [0.1, 0.15) is 5.78 Å². The molecular formula is C13H16O5. The van der Waals surface area contributed by atoms with Gasteiger partial charge in [-0.05, 0) is 24.6 Å². The zero-order chi connectivity index (χ0) is 13.1. The first kappa shape index (κ1) is 12.9. The lowest BCUT2D eigenvalue weighted by molar-refractivity contribution is -0.142. The number of hydrogen-bond acceptors (Lipinski definition) is 5. The zero-order valence-electron chi connectivity index (χ0n) is 10.6. The van der Waals surface area contributed by atoms with Crippen LogP contribution in [0, 0.1) is 0 Å². The largest absolute Gasteiger partial charge is 0.454 e. The van der Waals surface area contributed by atoms with Crippen LogP contribution in [0.3, 0.4) is 0 Å². The molecule has 0 amide bonds. The second-order valence-electron chi connectivity index (χ2n) is 4.04. The van der Waals surface area contributed by atoms with Gasteiger partial charge in [-0.3, -0.25) is 4.79 Å². The fraction of sp³-hybridized carbons (Fsp3) is 0.462. The number of carbonyl (C=O) groups excluding carboxylic acids is 1. The van der Waals surface area contributed by atoms with Crippen molar-refractivity contribution in [3.8, 4) is 11.5 Å². The normalized spacial score (nSPS) is 14.9. The number of ether oxygens (including phenoxy) is 4. The Balaban J connectivity index is 2.34. The van der Waals surface area contributed by atoms with Gasteiger partial charge in [-0.1, -0.05) is 6.07 Å². The third-order valence-electron chi connectivity index (χ3n) is 2.93. The molecule has 0 bridgehead atoms. The predicted octanol–water partition coefficient (Wildman–Crippen LogP) is 1.71. The van der Waals surface area contributed by atoms with Crippen LogP contribution >= 0.6 is 0 Å². The minimum atomic E-state index is -0.608. The molecular weight excluding hydrogens is 236 g/mol. The third kappa shape index (κ3) is 2.32. The summed E-state index contributed by atoms with van der Waals surface area (Å²) in [6.07, 6.45) is -0.608. The highest BCUT2D eigenvalue weighted by molar-refractivity contribution is 5.84.